The van der Waals surface area contributed by atoms with Crippen LogP contribution in [0.15, 0.2) is 59.5 Å². The number of thiocarbonyl (C=S) groups is 1. The van der Waals surface area contributed by atoms with Crippen molar-refractivity contribution in [2.24, 2.45) is 5.41 Å². The van der Waals surface area contributed by atoms with Crippen LogP contribution in [0.2, 0.25) is 0 Å². The summed E-state index contributed by atoms with van der Waals surface area (Å²) in [5, 5.41) is 5.69. The van der Waals surface area contributed by atoms with Crippen molar-refractivity contribution in [1.82, 2.24) is 5.32 Å². The van der Waals surface area contributed by atoms with Crippen LogP contribution in [0.25, 0.3) is 0 Å². The fraction of sp³-hybridized carbons (Fsp3) is 0.333. The second-order valence-electron chi connectivity index (χ2n) is 7.59. The van der Waals surface area contributed by atoms with Crippen molar-refractivity contribution >= 4 is 38.8 Å². The lowest BCUT2D eigenvalue weighted by molar-refractivity contribution is -0.126. The molecule has 0 atom stereocenters. The van der Waals surface area contributed by atoms with E-state index in [0.717, 1.165) is 12.0 Å². The second kappa shape index (κ2) is 9.30. The van der Waals surface area contributed by atoms with E-state index in [1.165, 1.54) is 0 Å². The van der Waals surface area contributed by atoms with Crippen LogP contribution in [0.5, 0.6) is 0 Å². The Morgan fingerprint density at radius 1 is 1.00 bits per heavy atom. The first kappa shape index (κ1) is 22.0. The van der Waals surface area contributed by atoms with Gasteiger partial charge in [-0.05, 0) is 54.9 Å². The minimum atomic E-state index is -3.34. The smallest absolute Gasteiger partial charge is 0.231 e. The number of amides is 1. The molecule has 2 aromatic carbocycles. The summed E-state index contributed by atoms with van der Waals surface area (Å²) in [5.74, 6) is -0.100. The monoisotopic (exact) mass is 418 g/mol. The van der Waals surface area contributed by atoms with E-state index in [0.29, 0.717) is 12.1 Å². The Balaban J connectivity index is 1.91. The molecule has 0 aliphatic heterocycles. The van der Waals surface area contributed by atoms with Gasteiger partial charge in [0.1, 0.15) is 0 Å². The molecule has 0 saturated heterocycles. The van der Waals surface area contributed by atoms with Crippen LogP contribution in [0.3, 0.4) is 0 Å². The van der Waals surface area contributed by atoms with Crippen LogP contribution in [-0.2, 0) is 21.1 Å². The van der Waals surface area contributed by atoms with Crippen LogP contribution in [-0.4, -0.2) is 25.2 Å². The van der Waals surface area contributed by atoms with Gasteiger partial charge in [0.05, 0.1) is 10.6 Å². The highest BCUT2D eigenvalue weighted by molar-refractivity contribution is 7.91. The number of hydrogen-bond donors (Lipinski definition) is 2. The fourth-order valence-corrected chi connectivity index (χ4v) is 3.95. The molecule has 150 valence electrons. The van der Waals surface area contributed by atoms with Crippen molar-refractivity contribution in [3.63, 3.8) is 0 Å². The summed E-state index contributed by atoms with van der Waals surface area (Å²) < 4.78 is 25.0. The SMILES string of the molecule is CC(C)(C)C(=O)NC(=S)Nc1ccc(S(=O)(=O)CCCc2ccccc2)cc1. The van der Waals surface area contributed by atoms with Gasteiger partial charge in [0.2, 0.25) is 5.91 Å². The highest BCUT2D eigenvalue weighted by Crippen LogP contribution is 2.17. The number of benzene rings is 2. The number of aryl methyl sites for hydroxylation is 1. The highest BCUT2D eigenvalue weighted by atomic mass is 32.2. The molecule has 0 saturated carbocycles. The topological polar surface area (TPSA) is 75.3 Å². The predicted octanol–water partition coefficient (Wildman–Crippen LogP) is 3.95. The van der Waals surface area contributed by atoms with Crippen LogP contribution >= 0.6 is 12.2 Å². The molecule has 0 fully saturated rings. The predicted molar refractivity (Wildman–Crippen MR) is 117 cm³/mol. The zero-order valence-electron chi connectivity index (χ0n) is 16.4. The average Bonchev–Trinajstić information content (AvgIpc) is 2.62. The lowest BCUT2D eigenvalue weighted by Crippen LogP contribution is -2.41. The Morgan fingerprint density at radius 3 is 2.18 bits per heavy atom. The number of nitrogens with one attached hydrogen (secondary N) is 2. The van der Waals surface area contributed by atoms with Crippen molar-refractivity contribution < 1.29 is 13.2 Å². The summed E-state index contributed by atoms with van der Waals surface area (Å²) in [4.78, 5) is 12.2. The fourth-order valence-electron chi connectivity index (χ4n) is 2.43. The molecule has 28 heavy (non-hydrogen) atoms. The summed E-state index contributed by atoms with van der Waals surface area (Å²) in [6.45, 7) is 5.38. The van der Waals surface area contributed by atoms with Crippen LogP contribution in [0.1, 0.15) is 32.8 Å². The number of anilines is 1. The molecule has 5 nitrogen and oxygen atoms in total. The maximum Gasteiger partial charge on any atom is 0.231 e. The molecular weight excluding hydrogens is 392 g/mol. The molecule has 0 radical (unpaired) electrons. The van der Waals surface area contributed by atoms with E-state index in [2.05, 4.69) is 10.6 Å². The van der Waals surface area contributed by atoms with Gasteiger partial charge in [-0.3, -0.25) is 4.79 Å². The van der Waals surface area contributed by atoms with Crippen LogP contribution < -0.4 is 10.6 Å². The maximum absolute atomic E-state index is 12.5. The Hall–Kier alpha value is -2.25. The zero-order valence-corrected chi connectivity index (χ0v) is 18.0. The molecule has 0 bridgehead atoms. The van der Waals surface area contributed by atoms with Crippen molar-refractivity contribution in [2.45, 2.75) is 38.5 Å². The molecule has 0 unspecified atom stereocenters. The molecule has 1 amide bonds. The largest absolute Gasteiger partial charge is 0.332 e. The van der Waals surface area contributed by atoms with E-state index in [4.69, 9.17) is 12.2 Å². The van der Waals surface area contributed by atoms with Crippen molar-refractivity contribution in [2.75, 3.05) is 11.1 Å². The van der Waals surface area contributed by atoms with Crippen molar-refractivity contribution in [3.05, 3.63) is 60.2 Å². The summed E-state index contributed by atoms with van der Waals surface area (Å²) >= 11 is 5.13. The summed E-state index contributed by atoms with van der Waals surface area (Å²) in [7, 11) is -3.34. The number of carbonyl (C=O) groups is 1. The Kier molecular flexibility index (Phi) is 7.32. The van der Waals surface area contributed by atoms with Gasteiger partial charge in [0, 0.05) is 11.1 Å². The molecule has 0 aliphatic carbocycles. The molecule has 0 aliphatic rings. The summed E-state index contributed by atoms with van der Waals surface area (Å²) in [6, 6.07) is 16.2. The number of rotatable bonds is 6. The molecule has 2 rings (SSSR count). The molecule has 0 aromatic heterocycles. The van der Waals surface area contributed by atoms with Gasteiger partial charge in [0.15, 0.2) is 14.9 Å². The van der Waals surface area contributed by atoms with Gasteiger partial charge in [0.25, 0.3) is 0 Å². The van der Waals surface area contributed by atoms with E-state index in [1.54, 1.807) is 45.0 Å². The van der Waals surface area contributed by atoms with Gasteiger partial charge >= 0.3 is 0 Å². The van der Waals surface area contributed by atoms with Crippen LogP contribution in [0, 0.1) is 5.41 Å². The number of carbonyl (C=O) groups excluding carboxylic acids is 1. The Labute approximate surface area is 172 Å². The lowest BCUT2D eigenvalue weighted by Gasteiger charge is -2.18. The molecule has 2 N–H and O–H groups in total. The van der Waals surface area contributed by atoms with E-state index in [9.17, 15) is 13.2 Å². The van der Waals surface area contributed by atoms with E-state index in [1.807, 2.05) is 30.3 Å². The third-order valence-electron chi connectivity index (χ3n) is 4.10. The third kappa shape index (κ3) is 6.73. The highest BCUT2D eigenvalue weighted by Gasteiger charge is 2.22. The van der Waals surface area contributed by atoms with Gasteiger partial charge in [-0.25, -0.2) is 8.42 Å². The first-order valence-electron chi connectivity index (χ1n) is 9.07. The van der Waals surface area contributed by atoms with Crippen molar-refractivity contribution in [3.8, 4) is 0 Å². The average molecular weight is 419 g/mol. The number of sulfone groups is 1. The minimum Gasteiger partial charge on any atom is -0.332 e. The molecule has 2 aromatic rings. The van der Waals surface area contributed by atoms with E-state index < -0.39 is 15.3 Å². The van der Waals surface area contributed by atoms with Crippen LogP contribution in [0.4, 0.5) is 5.69 Å². The standard InChI is InChI=1S/C21H26N2O3S2/c1-21(2,3)19(24)23-20(27)22-17-11-13-18(14-12-17)28(25,26)15-7-10-16-8-5-4-6-9-16/h4-6,8-9,11-14H,7,10,15H2,1-3H3,(H2,22,23,24,27). The summed E-state index contributed by atoms with van der Waals surface area (Å²) in [5.41, 5.74) is 1.19. The Morgan fingerprint density at radius 2 is 1.61 bits per heavy atom. The molecule has 0 heterocycles. The van der Waals surface area contributed by atoms with Gasteiger partial charge in [-0.1, -0.05) is 51.1 Å². The van der Waals surface area contributed by atoms with Gasteiger partial charge in [-0.15, -0.1) is 0 Å². The minimum absolute atomic E-state index is 0.0920. The second-order valence-corrected chi connectivity index (χ2v) is 10.1. The normalized spacial score (nSPS) is 11.7. The first-order chi connectivity index (χ1) is 13.1. The maximum atomic E-state index is 12.5. The molecular formula is C21H26N2O3S2. The first-order valence-corrected chi connectivity index (χ1v) is 11.1. The van der Waals surface area contributed by atoms with Gasteiger partial charge < -0.3 is 10.6 Å². The van der Waals surface area contributed by atoms with Gasteiger partial charge in [-0.2, -0.15) is 0 Å². The lowest BCUT2D eigenvalue weighted by atomic mass is 9.96. The molecule has 0 spiro atoms. The Bertz CT molecular complexity index is 916. The third-order valence-corrected chi connectivity index (χ3v) is 6.12. The molecule has 7 heteroatoms. The number of hydrogen-bond acceptors (Lipinski definition) is 4. The zero-order chi connectivity index (χ0) is 20.8. The summed E-state index contributed by atoms with van der Waals surface area (Å²) in [6.07, 6.45) is 1.29. The van der Waals surface area contributed by atoms with E-state index >= 15 is 0 Å². The quantitative estimate of drug-likeness (QED) is 0.695. The van der Waals surface area contributed by atoms with E-state index in [-0.39, 0.29) is 21.7 Å². The van der Waals surface area contributed by atoms with Crippen molar-refractivity contribution in [1.29, 1.82) is 0 Å².